The summed E-state index contributed by atoms with van der Waals surface area (Å²) < 4.78 is 11.1. The number of hydrogen-bond donors (Lipinski definition) is 1. The van der Waals surface area contributed by atoms with Gasteiger partial charge in [0.15, 0.2) is 0 Å². The predicted octanol–water partition coefficient (Wildman–Crippen LogP) is 0.604. The summed E-state index contributed by atoms with van der Waals surface area (Å²) in [7, 11) is -1.15. The van der Waals surface area contributed by atoms with Crippen molar-refractivity contribution in [3.63, 3.8) is 0 Å². The molecule has 0 aliphatic carbocycles. The summed E-state index contributed by atoms with van der Waals surface area (Å²) in [6.07, 6.45) is 6.52. The van der Waals surface area contributed by atoms with E-state index in [4.69, 9.17) is 0 Å². The maximum absolute atomic E-state index is 11.1. The van der Waals surface area contributed by atoms with Crippen LogP contribution >= 0.6 is 0 Å². The van der Waals surface area contributed by atoms with Crippen molar-refractivity contribution in [3.8, 4) is 11.3 Å². The van der Waals surface area contributed by atoms with Gasteiger partial charge in [-0.15, -0.1) is 0 Å². The van der Waals surface area contributed by atoms with Gasteiger partial charge >= 0.3 is 0 Å². The zero-order valence-electron chi connectivity index (χ0n) is 7.47. The summed E-state index contributed by atoms with van der Waals surface area (Å²) in [4.78, 5) is 8.05. The minimum absolute atomic E-state index is 0.337. The molecule has 6 heteroatoms. The molecule has 0 bridgehead atoms. The quantitative estimate of drug-likeness (QED) is 0.734. The van der Waals surface area contributed by atoms with Gasteiger partial charge in [-0.1, -0.05) is 0 Å². The van der Waals surface area contributed by atoms with Crippen LogP contribution in [0.2, 0.25) is 0 Å². The maximum atomic E-state index is 11.1. The fourth-order valence-corrected chi connectivity index (χ4v) is 1.47. The van der Waals surface area contributed by atoms with Crippen molar-refractivity contribution in [1.82, 2.24) is 20.2 Å². The SMILES string of the molecule is CS(=O)c1nccc(-c2cn[nH]c2)n1. The average molecular weight is 208 g/mol. The first kappa shape index (κ1) is 9.01. The molecule has 0 saturated heterocycles. The molecule has 0 aliphatic heterocycles. The number of rotatable bonds is 2. The Labute approximate surface area is 83.1 Å². The summed E-state index contributed by atoms with van der Waals surface area (Å²) in [6, 6.07) is 1.75. The maximum Gasteiger partial charge on any atom is 0.218 e. The first-order chi connectivity index (χ1) is 6.77. The zero-order valence-corrected chi connectivity index (χ0v) is 8.28. The number of nitrogens with one attached hydrogen (secondary N) is 1. The molecule has 1 atom stereocenters. The van der Waals surface area contributed by atoms with Crippen molar-refractivity contribution in [2.24, 2.45) is 0 Å². The van der Waals surface area contributed by atoms with Crippen LogP contribution in [0.15, 0.2) is 29.8 Å². The Hall–Kier alpha value is -1.56. The highest BCUT2D eigenvalue weighted by molar-refractivity contribution is 7.84. The molecular formula is C8H8N4OS. The smallest absolute Gasteiger partial charge is 0.218 e. The van der Waals surface area contributed by atoms with Gasteiger partial charge in [0.05, 0.1) is 22.7 Å². The van der Waals surface area contributed by atoms with Crippen LogP contribution in [0.25, 0.3) is 11.3 Å². The number of nitrogens with zero attached hydrogens (tertiary/aromatic N) is 3. The molecule has 2 heterocycles. The Kier molecular flexibility index (Phi) is 2.36. The Bertz CT molecular complexity index is 454. The Morgan fingerprint density at radius 3 is 3.00 bits per heavy atom. The van der Waals surface area contributed by atoms with Gasteiger partial charge in [0.25, 0.3) is 0 Å². The fourth-order valence-electron chi connectivity index (χ4n) is 1.03. The molecule has 0 fully saturated rings. The summed E-state index contributed by atoms with van der Waals surface area (Å²) in [5, 5.41) is 6.84. The Balaban J connectivity index is 2.46. The predicted molar refractivity (Wildman–Crippen MR) is 51.9 cm³/mol. The molecule has 1 unspecified atom stereocenters. The van der Waals surface area contributed by atoms with Crippen molar-refractivity contribution in [3.05, 3.63) is 24.7 Å². The summed E-state index contributed by atoms with van der Waals surface area (Å²) in [5.74, 6) is 0. The highest BCUT2D eigenvalue weighted by Gasteiger charge is 2.04. The molecule has 1 N–H and O–H groups in total. The van der Waals surface area contributed by atoms with E-state index in [1.54, 1.807) is 30.9 Å². The van der Waals surface area contributed by atoms with Crippen molar-refractivity contribution in [2.45, 2.75) is 5.16 Å². The van der Waals surface area contributed by atoms with E-state index in [1.807, 2.05) is 0 Å². The molecular weight excluding hydrogens is 200 g/mol. The molecule has 0 aromatic carbocycles. The molecule has 2 rings (SSSR count). The van der Waals surface area contributed by atoms with Crippen LogP contribution in [0, 0.1) is 0 Å². The van der Waals surface area contributed by atoms with Crippen molar-refractivity contribution in [2.75, 3.05) is 6.26 Å². The average Bonchev–Trinajstić information content (AvgIpc) is 2.71. The van der Waals surface area contributed by atoms with Crippen molar-refractivity contribution < 1.29 is 4.21 Å². The van der Waals surface area contributed by atoms with Gasteiger partial charge in [0, 0.05) is 24.2 Å². The third-order valence-electron chi connectivity index (χ3n) is 1.68. The van der Waals surface area contributed by atoms with E-state index in [1.165, 1.54) is 0 Å². The standard InChI is InChI=1S/C8H8N4OS/c1-14(13)8-9-3-2-7(12-8)6-4-10-11-5-6/h2-5H,1H3,(H,10,11). The number of H-pyrrole nitrogens is 1. The summed E-state index contributed by atoms with van der Waals surface area (Å²) in [5.41, 5.74) is 1.58. The van der Waals surface area contributed by atoms with Crippen molar-refractivity contribution in [1.29, 1.82) is 0 Å². The van der Waals surface area contributed by atoms with E-state index in [2.05, 4.69) is 20.2 Å². The Morgan fingerprint density at radius 1 is 1.50 bits per heavy atom. The normalized spacial score (nSPS) is 12.6. The highest BCUT2D eigenvalue weighted by Crippen LogP contribution is 2.14. The van der Waals surface area contributed by atoms with Gasteiger partial charge in [-0.25, -0.2) is 9.97 Å². The van der Waals surface area contributed by atoms with Crippen LogP contribution in [0.4, 0.5) is 0 Å². The lowest BCUT2D eigenvalue weighted by Gasteiger charge is -1.97. The second-order valence-electron chi connectivity index (χ2n) is 2.67. The molecule has 0 radical (unpaired) electrons. The molecule has 2 aromatic heterocycles. The number of aromatic nitrogens is 4. The second-order valence-corrected chi connectivity index (χ2v) is 3.94. The molecule has 5 nitrogen and oxygen atoms in total. The molecule has 14 heavy (non-hydrogen) atoms. The first-order valence-corrected chi connectivity index (χ1v) is 5.49. The zero-order chi connectivity index (χ0) is 9.97. The Morgan fingerprint density at radius 2 is 2.36 bits per heavy atom. The summed E-state index contributed by atoms with van der Waals surface area (Å²) >= 11 is 0. The second kappa shape index (κ2) is 3.67. The third kappa shape index (κ3) is 1.69. The van der Waals surface area contributed by atoms with Gasteiger partial charge < -0.3 is 0 Å². The van der Waals surface area contributed by atoms with Gasteiger partial charge in [-0.05, 0) is 6.07 Å². The minimum atomic E-state index is -1.15. The van der Waals surface area contributed by atoms with Gasteiger partial charge in [-0.3, -0.25) is 9.31 Å². The van der Waals surface area contributed by atoms with Gasteiger partial charge in [0.1, 0.15) is 0 Å². The topological polar surface area (TPSA) is 71.5 Å². The minimum Gasteiger partial charge on any atom is -0.285 e. The van der Waals surface area contributed by atoms with E-state index in [0.29, 0.717) is 5.16 Å². The van der Waals surface area contributed by atoms with Crippen LogP contribution in [-0.4, -0.2) is 30.6 Å². The van der Waals surface area contributed by atoms with Crippen LogP contribution in [-0.2, 0) is 10.8 Å². The lowest BCUT2D eigenvalue weighted by atomic mass is 10.2. The van der Waals surface area contributed by atoms with E-state index in [-0.39, 0.29) is 0 Å². The summed E-state index contributed by atoms with van der Waals surface area (Å²) in [6.45, 7) is 0. The van der Waals surface area contributed by atoms with Crippen LogP contribution < -0.4 is 0 Å². The lowest BCUT2D eigenvalue weighted by Crippen LogP contribution is -1.97. The van der Waals surface area contributed by atoms with E-state index in [0.717, 1.165) is 11.3 Å². The third-order valence-corrected chi connectivity index (χ3v) is 2.40. The molecule has 2 aromatic rings. The first-order valence-electron chi connectivity index (χ1n) is 3.93. The monoisotopic (exact) mass is 208 g/mol. The lowest BCUT2D eigenvalue weighted by molar-refractivity contribution is 0.680. The van der Waals surface area contributed by atoms with E-state index >= 15 is 0 Å². The highest BCUT2D eigenvalue weighted by atomic mass is 32.2. The number of hydrogen-bond acceptors (Lipinski definition) is 4. The van der Waals surface area contributed by atoms with Gasteiger partial charge in [-0.2, -0.15) is 5.10 Å². The van der Waals surface area contributed by atoms with Gasteiger partial charge in [0.2, 0.25) is 5.16 Å². The van der Waals surface area contributed by atoms with Crippen LogP contribution in [0.1, 0.15) is 0 Å². The van der Waals surface area contributed by atoms with E-state index in [9.17, 15) is 4.21 Å². The molecule has 0 aliphatic rings. The molecule has 72 valence electrons. The van der Waals surface area contributed by atoms with E-state index < -0.39 is 10.8 Å². The molecule has 0 saturated carbocycles. The fraction of sp³-hybridized carbons (Fsp3) is 0.125. The largest absolute Gasteiger partial charge is 0.285 e. The van der Waals surface area contributed by atoms with Crippen LogP contribution in [0.3, 0.4) is 0 Å². The van der Waals surface area contributed by atoms with Crippen molar-refractivity contribution >= 4 is 10.8 Å². The number of aromatic amines is 1. The van der Waals surface area contributed by atoms with Crippen LogP contribution in [0.5, 0.6) is 0 Å². The molecule has 0 amide bonds. The molecule has 0 spiro atoms.